The Morgan fingerprint density at radius 1 is 0.674 bits per heavy atom. The SMILES string of the molecule is CCC(C)c1ccc(OC(CCC(CC)c2ccc(OC(C)OCCC3CCCCC3)cc2)OCc2ccccc2)cc1. The molecule has 0 heterocycles. The molecule has 1 saturated carbocycles. The normalized spacial score (nSPS) is 16.7. The monoisotopic (exact) mass is 586 g/mol. The lowest BCUT2D eigenvalue weighted by Gasteiger charge is -2.23. The molecule has 43 heavy (non-hydrogen) atoms. The van der Waals surface area contributed by atoms with Crippen molar-refractivity contribution < 1.29 is 18.9 Å². The highest BCUT2D eigenvalue weighted by molar-refractivity contribution is 5.30. The van der Waals surface area contributed by atoms with Crippen molar-refractivity contribution in [3.8, 4) is 11.5 Å². The molecule has 4 rings (SSSR count). The van der Waals surface area contributed by atoms with Crippen LogP contribution >= 0.6 is 0 Å². The molecule has 1 aliphatic carbocycles. The van der Waals surface area contributed by atoms with Gasteiger partial charge in [0.15, 0.2) is 12.6 Å². The van der Waals surface area contributed by atoms with Crippen LogP contribution in [0.5, 0.6) is 11.5 Å². The smallest absolute Gasteiger partial charge is 0.200 e. The fourth-order valence-electron chi connectivity index (χ4n) is 6.07. The van der Waals surface area contributed by atoms with Crippen molar-refractivity contribution in [2.75, 3.05) is 6.61 Å². The van der Waals surface area contributed by atoms with Crippen LogP contribution in [0.4, 0.5) is 0 Å². The summed E-state index contributed by atoms with van der Waals surface area (Å²) in [6, 6.07) is 27.4. The van der Waals surface area contributed by atoms with Crippen molar-refractivity contribution in [3.63, 3.8) is 0 Å². The molecule has 4 heteroatoms. The van der Waals surface area contributed by atoms with Crippen LogP contribution in [0.3, 0.4) is 0 Å². The summed E-state index contributed by atoms with van der Waals surface area (Å²) in [4.78, 5) is 0. The van der Waals surface area contributed by atoms with Crippen LogP contribution in [-0.2, 0) is 16.1 Å². The van der Waals surface area contributed by atoms with Gasteiger partial charge in [0.2, 0.25) is 0 Å². The van der Waals surface area contributed by atoms with Crippen LogP contribution in [0.25, 0.3) is 0 Å². The van der Waals surface area contributed by atoms with Crippen molar-refractivity contribution in [2.45, 2.75) is 123 Å². The Kier molecular flexibility index (Phi) is 13.9. The Morgan fingerprint density at radius 2 is 1.33 bits per heavy atom. The summed E-state index contributed by atoms with van der Waals surface area (Å²) in [5.74, 6) is 3.50. The Labute approximate surface area is 261 Å². The van der Waals surface area contributed by atoms with E-state index in [9.17, 15) is 0 Å². The predicted octanol–water partition coefficient (Wildman–Crippen LogP) is 10.8. The molecule has 0 N–H and O–H groups in total. The van der Waals surface area contributed by atoms with Gasteiger partial charge in [-0.15, -0.1) is 0 Å². The van der Waals surface area contributed by atoms with E-state index in [-0.39, 0.29) is 12.6 Å². The number of ether oxygens (including phenoxy) is 4. The van der Waals surface area contributed by atoms with E-state index in [1.807, 2.05) is 25.1 Å². The van der Waals surface area contributed by atoms with E-state index in [1.165, 1.54) is 43.2 Å². The molecule has 4 atom stereocenters. The van der Waals surface area contributed by atoms with E-state index < -0.39 is 0 Å². The fourth-order valence-corrected chi connectivity index (χ4v) is 6.07. The maximum Gasteiger partial charge on any atom is 0.200 e. The minimum atomic E-state index is -0.321. The van der Waals surface area contributed by atoms with Crippen LogP contribution in [0.15, 0.2) is 78.9 Å². The summed E-state index contributed by atoms with van der Waals surface area (Å²) in [6.45, 7) is 10.0. The van der Waals surface area contributed by atoms with E-state index in [0.29, 0.717) is 18.4 Å². The number of hydrogen-bond donors (Lipinski definition) is 0. The third kappa shape index (κ3) is 11.3. The zero-order valence-electron chi connectivity index (χ0n) is 27.0. The molecule has 4 nitrogen and oxygen atoms in total. The fraction of sp³-hybridized carbons (Fsp3) is 0.538. The number of rotatable bonds is 18. The first kappa shape index (κ1) is 33.1. The zero-order chi connectivity index (χ0) is 30.3. The van der Waals surface area contributed by atoms with Gasteiger partial charge in [-0.2, -0.15) is 0 Å². The second kappa shape index (κ2) is 18.1. The molecule has 0 bridgehead atoms. The van der Waals surface area contributed by atoms with Crippen molar-refractivity contribution in [3.05, 3.63) is 95.6 Å². The quantitative estimate of drug-likeness (QED) is 0.139. The minimum absolute atomic E-state index is 0.240. The third-order valence-electron chi connectivity index (χ3n) is 9.11. The average Bonchev–Trinajstić information content (AvgIpc) is 3.05. The highest BCUT2D eigenvalue weighted by Gasteiger charge is 2.18. The van der Waals surface area contributed by atoms with Crippen LogP contribution in [0.1, 0.15) is 120 Å². The lowest BCUT2D eigenvalue weighted by Crippen LogP contribution is -2.21. The Balaban J connectivity index is 1.30. The maximum absolute atomic E-state index is 6.41. The first-order chi connectivity index (χ1) is 21.0. The molecule has 0 spiro atoms. The van der Waals surface area contributed by atoms with E-state index in [4.69, 9.17) is 18.9 Å². The summed E-state index contributed by atoms with van der Waals surface area (Å²) in [5, 5.41) is 0. The van der Waals surface area contributed by atoms with Gasteiger partial charge >= 0.3 is 0 Å². The molecular weight excluding hydrogens is 532 g/mol. The van der Waals surface area contributed by atoms with Crippen molar-refractivity contribution in [1.82, 2.24) is 0 Å². The predicted molar refractivity (Wildman–Crippen MR) is 177 cm³/mol. The molecule has 3 aromatic rings. The molecule has 1 aliphatic rings. The van der Waals surface area contributed by atoms with E-state index in [0.717, 1.165) is 61.7 Å². The van der Waals surface area contributed by atoms with Gasteiger partial charge in [0, 0.05) is 6.42 Å². The van der Waals surface area contributed by atoms with Crippen LogP contribution in [0.2, 0.25) is 0 Å². The van der Waals surface area contributed by atoms with Gasteiger partial charge in [-0.05, 0) is 91.3 Å². The van der Waals surface area contributed by atoms with Gasteiger partial charge in [-0.1, -0.05) is 107 Å². The summed E-state index contributed by atoms with van der Waals surface area (Å²) < 4.78 is 24.8. The van der Waals surface area contributed by atoms with Crippen molar-refractivity contribution >= 4 is 0 Å². The summed E-state index contributed by atoms with van der Waals surface area (Å²) in [7, 11) is 0. The number of benzene rings is 3. The molecular formula is C39H54O4. The van der Waals surface area contributed by atoms with Gasteiger partial charge in [0.1, 0.15) is 11.5 Å². The highest BCUT2D eigenvalue weighted by Crippen LogP contribution is 2.30. The first-order valence-corrected chi connectivity index (χ1v) is 16.8. The van der Waals surface area contributed by atoms with E-state index in [1.54, 1.807) is 0 Å². The Morgan fingerprint density at radius 3 is 1.98 bits per heavy atom. The molecule has 4 unspecified atom stereocenters. The Bertz CT molecular complexity index is 1140. The van der Waals surface area contributed by atoms with E-state index >= 15 is 0 Å². The van der Waals surface area contributed by atoms with Gasteiger partial charge in [0.05, 0.1) is 13.2 Å². The molecule has 0 aromatic heterocycles. The molecule has 1 fully saturated rings. The highest BCUT2D eigenvalue weighted by atomic mass is 16.7. The standard InChI is InChI=1S/C39H54O4/c1-5-30(3)35-17-22-38(23-18-35)43-39(41-29-33-15-11-8-12-16-33)26-21-34(6-2)36-19-24-37(25-20-36)42-31(4)40-28-27-32-13-9-7-10-14-32/h8,11-12,15-20,22-25,30-32,34,39H,5-7,9-10,13-14,21,26-29H2,1-4H3. The topological polar surface area (TPSA) is 36.9 Å². The second-order valence-electron chi connectivity index (χ2n) is 12.3. The van der Waals surface area contributed by atoms with Crippen molar-refractivity contribution in [1.29, 1.82) is 0 Å². The number of hydrogen-bond acceptors (Lipinski definition) is 4. The largest absolute Gasteiger partial charge is 0.465 e. The molecule has 0 aliphatic heterocycles. The third-order valence-corrected chi connectivity index (χ3v) is 9.11. The van der Waals surface area contributed by atoms with Gasteiger partial charge in [-0.25, -0.2) is 0 Å². The van der Waals surface area contributed by atoms with Crippen molar-refractivity contribution in [2.24, 2.45) is 5.92 Å². The Hall–Kier alpha value is -2.82. The van der Waals surface area contributed by atoms with Crippen LogP contribution < -0.4 is 9.47 Å². The summed E-state index contributed by atoms with van der Waals surface area (Å²) in [5.41, 5.74) is 3.81. The average molecular weight is 587 g/mol. The minimum Gasteiger partial charge on any atom is -0.465 e. The van der Waals surface area contributed by atoms with Crippen LogP contribution in [0, 0.1) is 5.92 Å². The second-order valence-corrected chi connectivity index (χ2v) is 12.3. The maximum atomic E-state index is 6.41. The summed E-state index contributed by atoms with van der Waals surface area (Å²) in [6.07, 6.45) is 11.4. The first-order valence-electron chi connectivity index (χ1n) is 16.8. The van der Waals surface area contributed by atoms with Crippen LogP contribution in [-0.4, -0.2) is 19.2 Å². The van der Waals surface area contributed by atoms with Gasteiger partial charge in [0.25, 0.3) is 0 Å². The lowest BCUT2D eigenvalue weighted by molar-refractivity contribution is -0.0950. The van der Waals surface area contributed by atoms with E-state index in [2.05, 4.69) is 81.4 Å². The molecule has 0 radical (unpaired) electrons. The van der Waals surface area contributed by atoms with Gasteiger partial charge < -0.3 is 18.9 Å². The molecule has 3 aromatic carbocycles. The zero-order valence-corrected chi connectivity index (χ0v) is 27.0. The lowest BCUT2D eigenvalue weighted by atomic mass is 9.87. The molecule has 234 valence electrons. The molecule has 0 amide bonds. The summed E-state index contributed by atoms with van der Waals surface area (Å²) >= 11 is 0. The van der Waals surface area contributed by atoms with Gasteiger partial charge in [-0.3, -0.25) is 0 Å². The molecule has 0 saturated heterocycles.